The normalized spacial score (nSPS) is 13.3. The van der Waals surface area contributed by atoms with Crippen molar-refractivity contribution in [3.05, 3.63) is 163 Å². The van der Waals surface area contributed by atoms with E-state index in [1.807, 2.05) is 0 Å². The van der Waals surface area contributed by atoms with E-state index in [0.29, 0.717) is 0 Å². The standard InChI is InChI=1S/C41H32N2/c1-42-40-28-33-12-9-8-11-32(33)27-39(40)38-18-10-17-37(41(38)42)31-21-19-29(20-22-31)30-23-25-36(26-24-30)43(34-13-4-2-5-14-34)35-15-6-3-7-16-35/h2-23,25,27-28H,24,26H2,1H3. The van der Waals surface area contributed by atoms with Crippen LogP contribution in [-0.2, 0) is 7.05 Å². The molecule has 0 bridgehead atoms. The highest BCUT2D eigenvalue weighted by atomic mass is 15.1. The lowest BCUT2D eigenvalue weighted by Crippen LogP contribution is -2.17. The Morgan fingerprint density at radius 2 is 1.16 bits per heavy atom. The van der Waals surface area contributed by atoms with E-state index in [4.69, 9.17) is 0 Å². The molecule has 0 N–H and O–H groups in total. The first-order valence-corrected chi connectivity index (χ1v) is 15.1. The van der Waals surface area contributed by atoms with Crippen LogP contribution in [0.15, 0.2) is 157 Å². The summed E-state index contributed by atoms with van der Waals surface area (Å²) in [6.45, 7) is 0. The second-order valence-electron chi connectivity index (χ2n) is 11.4. The quantitative estimate of drug-likeness (QED) is 0.206. The van der Waals surface area contributed by atoms with Crippen molar-refractivity contribution >= 4 is 49.5 Å². The summed E-state index contributed by atoms with van der Waals surface area (Å²) in [5.74, 6) is 0. The average Bonchev–Trinajstić information content (AvgIpc) is 3.36. The van der Waals surface area contributed by atoms with Crippen LogP contribution in [0, 0.1) is 0 Å². The summed E-state index contributed by atoms with van der Waals surface area (Å²) in [4.78, 5) is 2.38. The molecular formula is C41H32N2. The van der Waals surface area contributed by atoms with Gasteiger partial charge in [-0.05, 0) is 82.8 Å². The van der Waals surface area contributed by atoms with Gasteiger partial charge in [0, 0.05) is 46.0 Å². The number of allylic oxidation sites excluding steroid dienone is 4. The lowest BCUT2D eigenvalue weighted by molar-refractivity contribution is 0.930. The van der Waals surface area contributed by atoms with Gasteiger partial charge in [0.2, 0.25) is 0 Å². The van der Waals surface area contributed by atoms with E-state index in [2.05, 4.69) is 168 Å². The predicted octanol–water partition coefficient (Wildman–Crippen LogP) is 11.1. The smallest absolute Gasteiger partial charge is 0.0568 e. The number of fused-ring (bicyclic) bond motifs is 4. The lowest BCUT2D eigenvalue weighted by Gasteiger charge is -2.30. The van der Waals surface area contributed by atoms with Crippen LogP contribution in [0.4, 0.5) is 11.4 Å². The maximum Gasteiger partial charge on any atom is 0.0568 e. The van der Waals surface area contributed by atoms with Gasteiger partial charge in [0.05, 0.1) is 5.52 Å². The Labute approximate surface area is 252 Å². The van der Waals surface area contributed by atoms with Crippen molar-refractivity contribution in [1.29, 1.82) is 0 Å². The van der Waals surface area contributed by atoms with Crippen LogP contribution in [-0.4, -0.2) is 4.57 Å². The fraction of sp³-hybridized carbons (Fsp3) is 0.0732. The molecule has 0 saturated heterocycles. The van der Waals surface area contributed by atoms with Crippen LogP contribution >= 0.6 is 0 Å². The predicted molar refractivity (Wildman–Crippen MR) is 184 cm³/mol. The molecule has 7 aromatic rings. The third-order valence-electron chi connectivity index (χ3n) is 8.90. The minimum atomic E-state index is 0.987. The van der Waals surface area contributed by atoms with Gasteiger partial charge in [0.15, 0.2) is 0 Å². The molecule has 0 radical (unpaired) electrons. The van der Waals surface area contributed by atoms with Gasteiger partial charge < -0.3 is 9.47 Å². The van der Waals surface area contributed by atoms with E-state index < -0.39 is 0 Å². The molecule has 6 aromatic carbocycles. The average molecular weight is 553 g/mol. The van der Waals surface area contributed by atoms with Crippen molar-refractivity contribution in [2.45, 2.75) is 12.8 Å². The molecule has 2 heteroatoms. The van der Waals surface area contributed by atoms with Crippen LogP contribution in [0.3, 0.4) is 0 Å². The van der Waals surface area contributed by atoms with Gasteiger partial charge in [0.25, 0.3) is 0 Å². The van der Waals surface area contributed by atoms with E-state index in [9.17, 15) is 0 Å². The second kappa shape index (κ2) is 10.5. The zero-order valence-corrected chi connectivity index (χ0v) is 24.2. The van der Waals surface area contributed by atoms with Crippen LogP contribution in [0.5, 0.6) is 0 Å². The number of para-hydroxylation sites is 3. The topological polar surface area (TPSA) is 8.17 Å². The Hall–Kier alpha value is -5.34. The number of anilines is 2. The number of hydrogen-bond donors (Lipinski definition) is 0. The third kappa shape index (κ3) is 4.43. The molecule has 1 aliphatic rings. The number of hydrogen-bond acceptors (Lipinski definition) is 1. The molecule has 8 rings (SSSR count). The molecule has 206 valence electrons. The van der Waals surface area contributed by atoms with Crippen molar-refractivity contribution in [1.82, 2.24) is 4.57 Å². The summed E-state index contributed by atoms with van der Waals surface area (Å²) in [5, 5.41) is 5.18. The molecule has 0 unspecified atom stereocenters. The summed E-state index contributed by atoms with van der Waals surface area (Å²) < 4.78 is 2.36. The molecule has 0 spiro atoms. The van der Waals surface area contributed by atoms with Gasteiger partial charge in [-0.15, -0.1) is 0 Å². The fourth-order valence-corrected chi connectivity index (χ4v) is 6.75. The molecule has 1 aromatic heterocycles. The van der Waals surface area contributed by atoms with Crippen molar-refractivity contribution < 1.29 is 0 Å². The van der Waals surface area contributed by atoms with Crippen LogP contribution in [0.2, 0.25) is 0 Å². The number of nitrogens with zero attached hydrogens (tertiary/aromatic N) is 2. The highest BCUT2D eigenvalue weighted by Gasteiger charge is 2.18. The number of aryl methyl sites for hydroxylation is 1. The highest BCUT2D eigenvalue weighted by Crippen LogP contribution is 2.39. The van der Waals surface area contributed by atoms with Crippen molar-refractivity contribution in [2.24, 2.45) is 7.05 Å². The number of aromatic nitrogens is 1. The van der Waals surface area contributed by atoms with Gasteiger partial charge in [-0.1, -0.05) is 109 Å². The van der Waals surface area contributed by atoms with Gasteiger partial charge in [-0.3, -0.25) is 0 Å². The molecular weight excluding hydrogens is 520 g/mol. The molecule has 2 nitrogen and oxygen atoms in total. The molecule has 0 amide bonds. The largest absolute Gasteiger partial charge is 0.343 e. The Bertz CT molecular complexity index is 2130. The van der Waals surface area contributed by atoms with Gasteiger partial charge in [-0.25, -0.2) is 0 Å². The first kappa shape index (κ1) is 25.4. The van der Waals surface area contributed by atoms with E-state index in [1.165, 1.54) is 71.9 Å². The zero-order chi connectivity index (χ0) is 28.8. The number of benzene rings is 6. The van der Waals surface area contributed by atoms with Crippen molar-refractivity contribution in [3.8, 4) is 11.1 Å². The third-order valence-corrected chi connectivity index (χ3v) is 8.90. The summed E-state index contributed by atoms with van der Waals surface area (Å²) in [6.07, 6.45) is 6.60. The molecule has 1 aliphatic carbocycles. The molecule has 0 fully saturated rings. The van der Waals surface area contributed by atoms with Crippen LogP contribution < -0.4 is 4.90 Å². The van der Waals surface area contributed by atoms with Crippen LogP contribution in [0.1, 0.15) is 18.4 Å². The molecule has 0 atom stereocenters. The van der Waals surface area contributed by atoms with E-state index in [-0.39, 0.29) is 0 Å². The Balaban J connectivity index is 1.14. The molecule has 0 saturated carbocycles. The lowest BCUT2D eigenvalue weighted by atomic mass is 9.93. The maximum atomic E-state index is 2.38. The maximum absolute atomic E-state index is 2.38. The molecule has 43 heavy (non-hydrogen) atoms. The zero-order valence-electron chi connectivity index (χ0n) is 24.2. The highest BCUT2D eigenvalue weighted by molar-refractivity contribution is 6.15. The Morgan fingerprint density at radius 3 is 1.81 bits per heavy atom. The monoisotopic (exact) mass is 552 g/mol. The fourth-order valence-electron chi connectivity index (χ4n) is 6.75. The van der Waals surface area contributed by atoms with Crippen molar-refractivity contribution in [2.75, 3.05) is 4.90 Å². The minimum absolute atomic E-state index is 0.987. The molecule has 0 aliphatic heterocycles. The Morgan fingerprint density at radius 1 is 0.535 bits per heavy atom. The summed E-state index contributed by atoms with van der Waals surface area (Å²) >= 11 is 0. The summed E-state index contributed by atoms with van der Waals surface area (Å²) in [7, 11) is 2.20. The van der Waals surface area contributed by atoms with E-state index >= 15 is 0 Å². The summed E-state index contributed by atoms with van der Waals surface area (Å²) in [6, 6.07) is 50.5. The first-order chi connectivity index (χ1) is 21.2. The number of rotatable bonds is 5. The van der Waals surface area contributed by atoms with Crippen LogP contribution in [0.25, 0.3) is 49.3 Å². The van der Waals surface area contributed by atoms with Gasteiger partial charge in [-0.2, -0.15) is 0 Å². The second-order valence-corrected chi connectivity index (χ2v) is 11.4. The van der Waals surface area contributed by atoms with Crippen molar-refractivity contribution in [3.63, 3.8) is 0 Å². The minimum Gasteiger partial charge on any atom is -0.343 e. The van der Waals surface area contributed by atoms with Gasteiger partial charge in [0.1, 0.15) is 0 Å². The molecule has 1 heterocycles. The van der Waals surface area contributed by atoms with E-state index in [1.54, 1.807) is 0 Å². The summed E-state index contributed by atoms with van der Waals surface area (Å²) in [5.41, 5.74) is 11.4. The SMILES string of the molecule is Cn1c2cc3ccccc3cc2c2cccc(-c3ccc(C4=CC=C(N(c5ccccc5)c5ccccc5)CC4)cc3)c21. The first-order valence-electron chi connectivity index (χ1n) is 15.1. The van der Waals surface area contributed by atoms with E-state index in [0.717, 1.165) is 12.8 Å². The van der Waals surface area contributed by atoms with Gasteiger partial charge >= 0.3 is 0 Å². The Kier molecular flexibility index (Phi) is 6.19.